The quantitative estimate of drug-likeness (QED) is 0.565. The molecule has 0 aromatic heterocycles. The van der Waals surface area contributed by atoms with E-state index in [-0.39, 0.29) is 0 Å². The van der Waals surface area contributed by atoms with Crippen LogP contribution in [0.25, 0.3) is 0 Å². The van der Waals surface area contributed by atoms with Gasteiger partial charge in [-0.3, -0.25) is 0 Å². The first-order chi connectivity index (χ1) is 7.22. The number of hydrogen-bond acceptors (Lipinski definition) is 2. The minimum absolute atomic E-state index is 0.750. The van der Waals surface area contributed by atoms with E-state index in [1.54, 1.807) is 0 Å². The van der Waals surface area contributed by atoms with Gasteiger partial charge in [-0.25, -0.2) is 0 Å². The Balaban J connectivity index is 3.54. The summed E-state index contributed by atoms with van der Waals surface area (Å²) in [7, 11) is 0. The van der Waals surface area contributed by atoms with Crippen LogP contribution in [0.1, 0.15) is 47.0 Å². The van der Waals surface area contributed by atoms with Crippen LogP contribution in [0.4, 0.5) is 0 Å². The summed E-state index contributed by atoms with van der Waals surface area (Å²) in [6.45, 7) is 13.1. The van der Waals surface area contributed by atoms with Gasteiger partial charge in [-0.1, -0.05) is 27.7 Å². The van der Waals surface area contributed by atoms with Crippen LogP contribution in [0.15, 0.2) is 0 Å². The third-order valence-electron chi connectivity index (χ3n) is 2.76. The zero-order valence-corrected chi connectivity index (χ0v) is 11.0. The van der Waals surface area contributed by atoms with Crippen molar-refractivity contribution >= 4 is 0 Å². The predicted octanol–water partition coefficient (Wildman–Crippen LogP) is 3.07. The van der Waals surface area contributed by atoms with Gasteiger partial charge in [-0.15, -0.1) is 0 Å². The van der Waals surface area contributed by atoms with Crippen molar-refractivity contribution in [3.63, 3.8) is 0 Å². The Labute approximate surface area is 95.8 Å². The highest BCUT2D eigenvalue weighted by Gasteiger charge is 2.12. The van der Waals surface area contributed by atoms with Crippen molar-refractivity contribution in [2.75, 3.05) is 26.3 Å². The Kier molecular flexibility index (Phi) is 10.4. The van der Waals surface area contributed by atoms with Gasteiger partial charge in [0.2, 0.25) is 0 Å². The molecule has 0 bridgehead atoms. The summed E-state index contributed by atoms with van der Waals surface area (Å²) >= 11 is 0. The molecule has 1 atom stereocenters. The minimum atomic E-state index is 0.750. The van der Waals surface area contributed by atoms with Crippen molar-refractivity contribution in [1.82, 2.24) is 5.32 Å². The van der Waals surface area contributed by atoms with Gasteiger partial charge in [0.25, 0.3) is 0 Å². The highest BCUT2D eigenvalue weighted by Crippen LogP contribution is 2.14. The van der Waals surface area contributed by atoms with E-state index in [4.69, 9.17) is 4.74 Å². The van der Waals surface area contributed by atoms with Crippen molar-refractivity contribution in [3.8, 4) is 0 Å². The van der Waals surface area contributed by atoms with E-state index in [2.05, 4.69) is 33.0 Å². The topological polar surface area (TPSA) is 21.3 Å². The first-order valence-electron chi connectivity index (χ1n) is 6.50. The molecule has 0 aromatic carbocycles. The van der Waals surface area contributed by atoms with Gasteiger partial charge < -0.3 is 10.1 Å². The molecule has 0 aliphatic rings. The molecule has 0 saturated heterocycles. The molecular weight excluding hydrogens is 186 g/mol. The van der Waals surface area contributed by atoms with Crippen molar-refractivity contribution in [2.24, 2.45) is 11.8 Å². The van der Waals surface area contributed by atoms with E-state index >= 15 is 0 Å². The summed E-state index contributed by atoms with van der Waals surface area (Å²) in [6.07, 6.45) is 3.53. The van der Waals surface area contributed by atoms with Gasteiger partial charge in [-0.2, -0.15) is 0 Å². The fourth-order valence-electron chi connectivity index (χ4n) is 1.62. The molecule has 92 valence electrons. The second-order valence-electron chi connectivity index (χ2n) is 4.61. The molecule has 0 aromatic rings. The molecule has 0 amide bonds. The summed E-state index contributed by atoms with van der Waals surface area (Å²) in [6, 6.07) is 0. The number of nitrogens with one attached hydrogen (secondary N) is 1. The molecule has 1 N–H and O–H groups in total. The van der Waals surface area contributed by atoms with Crippen LogP contribution in [0.3, 0.4) is 0 Å². The van der Waals surface area contributed by atoms with E-state index in [0.717, 1.165) is 44.6 Å². The summed E-state index contributed by atoms with van der Waals surface area (Å²) in [5.74, 6) is 1.51. The Morgan fingerprint density at radius 3 is 2.33 bits per heavy atom. The standard InChI is InChI=1S/C13H29NO/c1-5-8-14-11-13(12(3)4)7-10-15-9-6-2/h12-14H,5-11H2,1-4H3. The highest BCUT2D eigenvalue weighted by molar-refractivity contribution is 4.65. The zero-order chi connectivity index (χ0) is 11.5. The van der Waals surface area contributed by atoms with Crippen LogP contribution >= 0.6 is 0 Å². The molecule has 0 aliphatic carbocycles. The monoisotopic (exact) mass is 215 g/mol. The normalized spacial score (nSPS) is 13.4. The molecule has 2 heteroatoms. The fourth-order valence-corrected chi connectivity index (χ4v) is 1.62. The molecule has 0 heterocycles. The van der Waals surface area contributed by atoms with Crippen molar-refractivity contribution in [2.45, 2.75) is 47.0 Å². The van der Waals surface area contributed by atoms with Gasteiger partial charge in [-0.05, 0) is 44.2 Å². The van der Waals surface area contributed by atoms with Crippen LogP contribution in [0, 0.1) is 11.8 Å². The van der Waals surface area contributed by atoms with E-state index < -0.39 is 0 Å². The van der Waals surface area contributed by atoms with Gasteiger partial charge >= 0.3 is 0 Å². The van der Waals surface area contributed by atoms with E-state index in [9.17, 15) is 0 Å². The molecule has 15 heavy (non-hydrogen) atoms. The number of rotatable bonds is 10. The summed E-state index contributed by atoms with van der Waals surface area (Å²) in [4.78, 5) is 0. The highest BCUT2D eigenvalue weighted by atomic mass is 16.5. The van der Waals surface area contributed by atoms with Crippen molar-refractivity contribution in [1.29, 1.82) is 0 Å². The lowest BCUT2D eigenvalue weighted by atomic mass is 9.93. The van der Waals surface area contributed by atoms with E-state index in [0.29, 0.717) is 0 Å². The van der Waals surface area contributed by atoms with Crippen LogP contribution in [-0.4, -0.2) is 26.3 Å². The Morgan fingerprint density at radius 2 is 1.80 bits per heavy atom. The van der Waals surface area contributed by atoms with Gasteiger partial charge in [0, 0.05) is 13.2 Å². The maximum absolute atomic E-state index is 5.54. The van der Waals surface area contributed by atoms with E-state index in [1.165, 1.54) is 12.8 Å². The molecule has 0 aliphatic heterocycles. The molecule has 0 spiro atoms. The average molecular weight is 215 g/mol. The summed E-state index contributed by atoms with van der Waals surface area (Å²) in [5.41, 5.74) is 0. The number of hydrogen-bond donors (Lipinski definition) is 1. The molecule has 1 unspecified atom stereocenters. The first-order valence-corrected chi connectivity index (χ1v) is 6.50. The molecule has 0 fully saturated rings. The minimum Gasteiger partial charge on any atom is -0.381 e. The Morgan fingerprint density at radius 1 is 1.07 bits per heavy atom. The van der Waals surface area contributed by atoms with Gasteiger partial charge in [0.15, 0.2) is 0 Å². The van der Waals surface area contributed by atoms with Crippen LogP contribution in [0.5, 0.6) is 0 Å². The smallest absolute Gasteiger partial charge is 0.0469 e. The first kappa shape index (κ1) is 14.9. The van der Waals surface area contributed by atoms with Gasteiger partial charge in [0.1, 0.15) is 0 Å². The zero-order valence-electron chi connectivity index (χ0n) is 11.0. The lowest BCUT2D eigenvalue weighted by molar-refractivity contribution is 0.113. The molecule has 2 nitrogen and oxygen atoms in total. The van der Waals surface area contributed by atoms with Crippen LogP contribution in [0.2, 0.25) is 0 Å². The van der Waals surface area contributed by atoms with Crippen LogP contribution < -0.4 is 5.32 Å². The maximum atomic E-state index is 5.54. The van der Waals surface area contributed by atoms with E-state index in [1.807, 2.05) is 0 Å². The molecule has 0 radical (unpaired) electrons. The Hall–Kier alpha value is -0.0800. The third-order valence-corrected chi connectivity index (χ3v) is 2.76. The second-order valence-corrected chi connectivity index (χ2v) is 4.61. The fraction of sp³-hybridized carbons (Fsp3) is 1.00. The largest absolute Gasteiger partial charge is 0.381 e. The van der Waals surface area contributed by atoms with Crippen molar-refractivity contribution < 1.29 is 4.74 Å². The summed E-state index contributed by atoms with van der Waals surface area (Å²) < 4.78 is 5.54. The molecule has 0 saturated carbocycles. The number of ether oxygens (including phenoxy) is 1. The Bertz CT molecular complexity index is 126. The van der Waals surface area contributed by atoms with Crippen LogP contribution in [-0.2, 0) is 4.74 Å². The molecule has 0 rings (SSSR count). The lowest BCUT2D eigenvalue weighted by Gasteiger charge is -2.21. The summed E-state index contributed by atoms with van der Waals surface area (Å²) in [5, 5.41) is 3.50. The van der Waals surface area contributed by atoms with Crippen molar-refractivity contribution in [3.05, 3.63) is 0 Å². The predicted molar refractivity (Wildman–Crippen MR) is 67.2 cm³/mol. The molecular formula is C13H29NO. The maximum Gasteiger partial charge on any atom is 0.0469 e. The lowest BCUT2D eigenvalue weighted by Crippen LogP contribution is -2.27. The SMILES string of the molecule is CCCNCC(CCOCCC)C(C)C. The third kappa shape index (κ3) is 8.88. The van der Waals surface area contributed by atoms with Gasteiger partial charge in [0.05, 0.1) is 0 Å². The second kappa shape index (κ2) is 10.4. The average Bonchev–Trinajstić information content (AvgIpc) is 2.21.